The monoisotopic (exact) mass is 178 g/mol. The van der Waals surface area contributed by atoms with Crippen LogP contribution in [-0.2, 0) is 4.79 Å². The molecule has 0 atom stereocenters. The summed E-state index contributed by atoms with van der Waals surface area (Å²) in [5.41, 5.74) is 7.31. The fraction of sp³-hybridized carbons (Fsp3) is 0.300. The van der Waals surface area contributed by atoms with Crippen LogP contribution in [0.5, 0.6) is 0 Å². The summed E-state index contributed by atoms with van der Waals surface area (Å²) in [6, 6.07) is 7.84. The molecule has 0 aromatic heterocycles. The zero-order valence-electron chi connectivity index (χ0n) is 7.71. The zero-order chi connectivity index (χ0) is 9.68. The topological polar surface area (TPSA) is 55.1 Å². The van der Waals surface area contributed by atoms with E-state index in [0.717, 1.165) is 11.3 Å². The van der Waals surface area contributed by atoms with Crippen molar-refractivity contribution in [3.05, 3.63) is 29.8 Å². The van der Waals surface area contributed by atoms with Crippen molar-refractivity contribution in [1.82, 2.24) is 0 Å². The van der Waals surface area contributed by atoms with Crippen molar-refractivity contribution < 1.29 is 4.79 Å². The maximum Gasteiger partial charge on any atom is 0.165 e. The van der Waals surface area contributed by atoms with Crippen LogP contribution in [0, 0.1) is 6.92 Å². The van der Waals surface area contributed by atoms with Crippen LogP contribution in [0.25, 0.3) is 0 Å². The lowest BCUT2D eigenvalue weighted by molar-refractivity contribution is -0.116. The van der Waals surface area contributed by atoms with Crippen molar-refractivity contribution in [3.63, 3.8) is 0 Å². The average Bonchev–Trinajstić information content (AvgIpc) is 2.16. The molecule has 0 saturated carbocycles. The van der Waals surface area contributed by atoms with Gasteiger partial charge < -0.3 is 11.1 Å². The summed E-state index contributed by atoms with van der Waals surface area (Å²) in [6.07, 6.45) is 0. The van der Waals surface area contributed by atoms with E-state index in [4.69, 9.17) is 5.73 Å². The molecule has 0 radical (unpaired) electrons. The summed E-state index contributed by atoms with van der Waals surface area (Å²) in [5.74, 6) is 0.0169. The Morgan fingerprint density at radius 2 is 2.15 bits per heavy atom. The van der Waals surface area contributed by atoms with Crippen molar-refractivity contribution in [2.75, 3.05) is 18.4 Å². The Morgan fingerprint density at radius 1 is 1.46 bits per heavy atom. The molecule has 0 unspecified atom stereocenters. The highest BCUT2D eigenvalue weighted by Gasteiger charge is 1.99. The fourth-order valence-corrected chi connectivity index (χ4v) is 1.04. The Bertz CT molecular complexity index is 297. The molecule has 0 bridgehead atoms. The predicted molar refractivity (Wildman–Crippen MR) is 53.7 cm³/mol. The Labute approximate surface area is 77.9 Å². The third kappa shape index (κ3) is 2.87. The third-order valence-electron chi connectivity index (χ3n) is 1.85. The second-order valence-corrected chi connectivity index (χ2v) is 2.91. The minimum absolute atomic E-state index is 0.0169. The largest absolute Gasteiger partial charge is 0.378 e. The average molecular weight is 178 g/mol. The van der Waals surface area contributed by atoms with Gasteiger partial charge in [0.1, 0.15) is 0 Å². The molecule has 0 spiro atoms. The summed E-state index contributed by atoms with van der Waals surface area (Å²) in [7, 11) is 0. The summed E-state index contributed by atoms with van der Waals surface area (Å²) < 4.78 is 0. The highest BCUT2D eigenvalue weighted by molar-refractivity contribution is 5.84. The van der Waals surface area contributed by atoms with Crippen molar-refractivity contribution >= 4 is 11.5 Å². The quantitative estimate of drug-likeness (QED) is 0.721. The van der Waals surface area contributed by atoms with Gasteiger partial charge in [0.25, 0.3) is 0 Å². The number of benzene rings is 1. The molecule has 3 nitrogen and oxygen atoms in total. The molecule has 0 aliphatic heterocycles. The first-order valence-electron chi connectivity index (χ1n) is 4.25. The molecule has 70 valence electrons. The normalized spacial score (nSPS) is 9.69. The van der Waals surface area contributed by atoms with E-state index in [9.17, 15) is 4.79 Å². The van der Waals surface area contributed by atoms with Gasteiger partial charge in [0, 0.05) is 5.69 Å². The molecular weight excluding hydrogens is 164 g/mol. The number of ketones is 1. The number of hydrogen-bond donors (Lipinski definition) is 2. The molecule has 0 saturated heterocycles. The van der Waals surface area contributed by atoms with Crippen LogP contribution in [-0.4, -0.2) is 18.9 Å². The summed E-state index contributed by atoms with van der Waals surface area (Å²) in [5, 5.41) is 3.03. The number of anilines is 1. The predicted octanol–water partition coefficient (Wildman–Crippen LogP) is 0.935. The van der Waals surface area contributed by atoms with Gasteiger partial charge in [0.05, 0.1) is 13.1 Å². The van der Waals surface area contributed by atoms with Gasteiger partial charge >= 0.3 is 0 Å². The Morgan fingerprint density at radius 3 is 2.77 bits per heavy atom. The van der Waals surface area contributed by atoms with Crippen molar-refractivity contribution in [2.45, 2.75) is 6.92 Å². The number of nitrogens with one attached hydrogen (secondary N) is 1. The second kappa shape index (κ2) is 4.62. The van der Waals surface area contributed by atoms with Gasteiger partial charge in [-0.15, -0.1) is 0 Å². The lowest BCUT2D eigenvalue weighted by atomic mass is 10.2. The molecular formula is C10H14N2O. The Hall–Kier alpha value is -1.35. The van der Waals surface area contributed by atoms with Crippen molar-refractivity contribution in [2.24, 2.45) is 5.73 Å². The van der Waals surface area contributed by atoms with E-state index in [1.807, 2.05) is 31.2 Å². The van der Waals surface area contributed by atoms with Crippen molar-refractivity contribution in [1.29, 1.82) is 0 Å². The number of Topliss-reactive ketones (excluding diaryl/α,β-unsaturated/α-hetero) is 1. The molecule has 3 heteroatoms. The van der Waals surface area contributed by atoms with Crippen LogP contribution in [0.4, 0.5) is 5.69 Å². The van der Waals surface area contributed by atoms with E-state index in [-0.39, 0.29) is 12.3 Å². The molecule has 0 heterocycles. The highest BCUT2D eigenvalue weighted by atomic mass is 16.1. The molecule has 1 rings (SSSR count). The first kappa shape index (κ1) is 9.74. The number of carbonyl (C=O) groups excluding carboxylic acids is 1. The number of rotatable bonds is 4. The standard InChI is InChI=1S/C10H14N2O/c1-8-4-2-3-5-10(8)12-7-9(13)6-11/h2-5,12H,6-7,11H2,1H3. The second-order valence-electron chi connectivity index (χ2n) is 2.91. The zero-order valence-corrected chi connectivity index (χ0v) is 7.71. The minimum Gasteiger partial charge on any atom is -0.378 e. The Kier molecular flexibility index (Phi) is 3.46. The number of nitrogens with two attached hydrogens (primary N) is 1. The molecule has 1 aromatic rings. The smallest absolute Gasteiger partial charge is 0.165 e. The highest BCUT2D eigenvalue weighted by Crippen LogP contribution is 2.12. The van der Waals surface area contributed by atoms with Gasteiger partial charge in [-0.1, -0.05) is 18.2 Å². The van der Waals surface area contributed by atoms with E-state index >= 15 is 0 Å². The van der Waals surface area contributed by atoms with Crippen LogP contribution >= 0.6 is 0 Å². The van der Waals surface area contributed by atoms with Crippen LogP contribution in [0.3, 0.4) is 0 Å². The van der Waals surface area contributed by atoms with Crippen LogP contribution in [0.2, 0.25) is 0 Å². The van der Waals surface area contributed by atoms with Gasteiger partial charge in [0.2, 0.25) is 0 Å². The lowest BCUT2D eigenvalue weighted by Gasteiger charge is -2.07. The molecule has 0 amide bonds. The Balaban J connectivity index is 2.54. The van der Waals surface area contributed by atoms with E-state index in [1.165, 1.54) is 0 Å². The van der Waals surface area contributed by atoms with Gasteiger partial charge in [-0.25, -0.2) is 0 Å². The minimum atomic E-state index is 0.0169. The summed E-state index contributed by atoms with van der Waals surface area (Å²) in [4.78, 5) is 10.9. The first-order valence-corrected chi connectivity index (χ1v) is 4.25. The van der Waals surface area contributed by atoms with Crippen LogP contribution in [0.15, 0.2) is 24.3 Å². The van der Waals surface area contributed by atoms with Gasteiger partial charge in [-0.3, -0.25) is 4.79 Å². The molecule has 1 aromatic carbocycles. The number of aryl methyl sites for hydroxylation is 1. The number of para-hydroxylation sites is 1. The van der Waals surface area contributed by atoms with Crippen LogP contribution in [0.1, 0.15) is 5.56 Å². The summed E-state index contributed by atoms with van der Waals surface area (Å²) >= 11 is 0. The third-order valence-corrected chi connectivity index (χ3v) is 1.85. The molecule has 0 aliphatic rings. The number of carbonyl (C=O) groups is 1. The van der Waals surface area contributed by atoms with E-state index in [2.05, 4.69) is 5.32 Å². The lowest BCUT2D eigenvalue weighted by Crippen LogP contribution is -2.22. The van der Waals surface area contributed by atoms with Crippen molar-refractivity contribution in [3.8, 4) is 0 Å². The van der Waals surface area contributed by atoms with Gasteiger partial charge in [-0.2, -0.15) is 0 Å². The van der Waals surface area contributed by atoms with E-state index in [1.54, 1.807) is 0 Å². The number of hydrogen-bond acceptors (Lipinski definition) is 3. The van der Waals surface area contributed by atoms with E-state index in [0.29, 0.717) is 6.54 Å². The van der Waals surface area contributed by atoms with Gasteiger partial charge in [0.15, 0.2) is 5.78 Å². The molecule has 13 heavy (non-hydrogen) atoms. The van der Waals surface area contributed by atoms with Crippen LogP contribution < -0.4 is 11.1 Å². The maximum absolute atomic E-state index is 10.9. The molecule has 0 aliphatic carbocycles. The SMILES string of the molecule is Cc1ccccc1NCC(=O)CN. The van der Waals surface area contributed by atoms with Gasteiger partial charge in [-0.05, 0) is 18.6 Å². The molecule has 0 fully saturated rings. The van der Waals surface area contributed by atoms with E-state index < -0.39 is 0 Å². The summed E-state index contributed by atoms with van der Waals surface area (Å²) in [6.45, 7) is 2.40. The molecule has 3 N–H and O–H groups in total. The first-order chi connectivity index (χ1) is 6.24. The maximum atomic E-state index is 10.9. The fourth-order valence-electron chi connectivity index (χ4n) is 1.04.